The monoisotopic (exact) mass is 325 g/mol. The maximum absolute atomic E-state index is 13.1. The molecule has 0 aliphatic carbocycles. The second-order valence-corrected chi connectivity index (χ2v) is 6.56. The molecule has 23 heavy (non-hydrogen) atoms. The third-order valence-corrected chi connectivity index (χ3v) is 4.03. The van der Waals surface area contributed by atoms with Crippen molar-refractivity contribution in [3.8, 4) is 6.07 Å². The molecule has 1 aromatic carbocycles. The van der Waals surface area contributed by atoms with Gasteiger partial charge in [-0.2, -0.15) is 18.4 Å². The van der Waals surface area contributed by atoms with Gasteiger partial charge in [-0.05, 0) is 43.0 Å². The molecule has 1 N–H and O–H groups in total. The predicted molar refractivity (Wildman–Crippen MR) is 84.0 cm³/mol. The van der Waals surface area contributed by atoms with Gasteiger partial charge in [-0.25, -0.2) is 0 Å². The van der Waals surface area contributed by atoms with Crippen LogP contribution >= 0.6 is 0 Å². The van der Waals surface area contributed by atoms with Gasteiger partial charge in [0.1, 0.15) is 0 Å². The molecule has 0 spiro atoms. The van der Waals surface area contributed by atoms with Crippen LogP contribution in [0.5, 0.6) is 0 Å². The van der Waals surface area contributed by atoms with Crippen LogP contribution < -0.4 is 5.32 Å². The van der Waals surface area contributed by atoms with Crippen LogP contribution in [0.15, 0.2) is 18.2 Å². The number of hydrogen-bond acceptors (Lipinski definition) is 3. The van der Waals surface area contributed by atoms with Crippen LogP contribution in [0.3, 0.4) is 0 Å². The number of nitrogens with zero attached hydrogens (tertiary/aromatic N) is 2. The quantitative estimate of drug-likeness (QED) is 0.890. The standard InChI is InChI=1S/C17H22F3N3/c1-12(2)10-23-6-5-14(11-23)9-22-16-7-13(8-21)3-4-15(16)17(18,19)20/h3-4,7,12,14,22H,5-6,9-11H2,1-2H3. The summed E-state index contributed by atoms with van der Waals surface area (Å²) in [6.45, 7) is 7.74. The second kappa shape index (κ2) is 7.22. The highest BCUT2D eigenvalue weighted by Crippen LogP contribution is 2.35. The zero-order valence-corrected chi connectivity index (χ0v) is 13.5. The molecule has 1 fully saturated rings. The molecule has 1 unspecified atom stereocenters. The van der Waals surface area contributed by atoms with Gasteiger partial charge in [-0.15, -0.1) is 0 Å². The minimum atomic E-state index is -4.42. The van der Waals surface area contributed by atoms with E-state index in [0.29, 0.717) is 18.4 Å². The van der Waals surface area contributed by atoms with E-state index in [1.165, 1.54) is 12.1 Å². The van der Waals surface area contributed by atoms with Crippen molar-refractivity contribution in [2.75, 3.05) is 31.5 Å². The van der Waals surface area contributed by atoms with Crippen molar-refractivity contribution < 1.29 is 13.2 Å². The summed E-state index contributed by atoms with van der Waals surface area (Å²) in [6.07, 6.45) is -3.44. The van der Waals surface area contributed by atoms with Crippen molar-refractivity contribution in [3.63, 3.8) is 0 Å². The molecule has 3 nitrogen and oxygen atoms in total. The van der Waals surface area contributed by atoms with E-state index in [-0.39, 0.29) is 11.3 Å². The minimum absolute atomic E-state index is 0.00106. The van der Waals surface area contributed by atoms with Crippen molar-refractivity contribution in [1.82, 2.24) is 4.90 Å². The van der Waals surface area contributed by atoms with Gasteiger partial charge in [0.25, 0.3) is 0 Å². The zero-order valence-electron chi connectivity index (χ0n) is 13.5. The van der Waals surface area contributed by atoms with E-state index in [4.69, 9.17) is 5.26 Å². The molecular formula is C17H22F3N3. The highest BCUT2D eigenvalue weighted by Gasteiger charge is 2.34. The van der Waals surface area contributed by atoms with E-state index in [2.05, 4.69) is 24.1 Å². The van der Waals surface area contributed by atoms with Gasteiger partial charge in [0.2, 0.25) is 0 Å². The minimum Gasteiger partial charge on any atom is -0.384 e. The number of halogens is 3. The van der Waals surface area contributed by atoms with Crippen molar-refractivity contribution in [2.24, 2.45) is 11.8 Å². The normalized spacial score (nSPS) is 19.1. The summed E-state index contributed by atoms with van der Waals surface area (Å²) in [4.78, 5) is 2.35. The van der Waals surface area contributed by atoms with Crippen LogP contribution in [-0.2, 0) is 6.18 Å². The molecule has 0 bridgehead atoms. The van der Waals surface area contributed by atoms with Gasteiger partial charge < -0.3 is 10.2 Å². The van der Waals surface area contributed by atoms with Crippen molar-refractivity contribution in [2.45, 2.75) is 26.4 Å². The first kappa shape index (κ1) is 17.6. The average molecular weight is 325 g/mol. The molecule has 0 aromatic heterocycles. The number of nitrogens with one attached hydrogen (secondary N) is 1. The molecular weight excluding hydrogens is 303 g/mol. The number of likely N-dealkylation sites (tertiary alicyclic amines) is 1. The molecule has 0 amide bonds. The largest absolute Gasteiger partial charge is 0.418 e. The van der Waals surface area contributed by atoms with Crippen molar-refractivity contribution >= 4 is 5.69 Å². The van der Waals surface area contributed by atoms with E-state index in [0.717, 1.165) is 32.1 Å². The summed E-state index contributed by atoms with van der Waals surface area (Å²) in [5, 5.41) is 11.8. The van der Waals surface area contributed by atoms with Crippen LogP contribution in [0, 0.1) is 23.2 Å². The Morgan fingerprint density at radius 1 is 1.39 bits per heavy atom. The highest BCUT2D eigenvalue weighted by atomic mass is 19.4. The Bertz CT molecular complexity index is 575. The topological polar surface area (TPSA) is 39.1 Å². The van der Waals surface area contributed by atoms with Gasteiger partial charge >= 0.3 is 6.18 Å². The fraction of sp³-hybridized carbons (Fsp3) is 0.588. The van der Waals surface area contributed by atoms with Gasteiger partial charge in [-0.1, -0.05) is 13.8 Å². The molecule has 1 heterocycles. The van der Waals surface area contributed by atoms with Crippen LogP contribution in [0.1, 0.15) is 31.4 Å². The van der Waals surface area contributed by atoms with Crippen molar-refractivity contribution in [1.29, 1.82) is 5.26 Å². The Labute approximate surface area is 135 Å². The molecule has 1 atom stereocenters. The third kappa shape index (κ3) is 4.87. The third-order valence-electron chi connectivity index (χ3n) is 4.03. The zero-order chi connectivity index (χ0) is 17.0. The summed E-state index contributed by atoms with van der Waals surface area (Å²) >= 11 is 0. The number of nitriles is 1. The van der Waals surface area contributed by atoms with Crippen LogP contribution in [-0.4, -0.2) is 31.1 Å². The highest BCUT2D eigenvalue weighted by molar-refractivity contribution is 5.57. The smallest absolute Gasteiger partial charge is 0.384 e. The Hall–Kier alpha value is -1.74. The van der Waals surface area contributed by atoms with E-state index in [1.807, 2.05) is 6.07 Å². The SMILES string of the molecule is CC(C)CN1CCC(CNc2cc(C#N)ccc2C(F)(F)F)C1. The first-order chi connectivity index (χ1) is 10.8. The lowest BCUT2D eigenvalue weighted by molar-refractivity contribution is -0.137. The molecule has 1 aromatic rings. The van der Waals surface area contributed by atoms with E-state index >= 15 is 0 Å². The first-order valence-corrected chi connectivity index (χ1v) is 7.87. The number of hydrogen-bond donors (Lipinski definition) is 1. The molecule has 0 saturated carbocycles. The molecule has 0 radical (unpaired) electrons. The number of alkyl halides is 3. The first-order valence-electron chi connectivity index (χ1n) is 7.87. The molecule has 126 valence electrons. The van der Waals surface area contributed by atoms with E-state index < -0.39 is 11.7 Å². The maximum atomic E-state index is 13.1. The summed E-state index contributed by atoms with van der Waals surface area (Å²) in [6, 6.07) is 5.34. The predicted octanol–water partition coefficient (Wildman–Crippen LogP) is 3.97. The van der Waals surface area contributed by atoms with Crippen LogP contribution in [0.2, 0.25) is 0 Å². The summed E-state index contributed by atoms with van der Waals surface area (Å²) in [7, 11) is 0. The summed E-state index contributed by atoms with van der Waals surface area (Å²) in [5.74, 6) is 0.923. The number of anilines is 1. The molecule has 6 heteroatoms. The van der Waals surface area contributed by atoms with Gasteiger partial charge in [0, 0.05) is 25.3 Å². The molecule has 1 saturated heterocycles. The van der Waals surface area contributed by atoms with Gasteiger partial charge in [-0.3, -0.25) is 0 Å². The Morgan fingerprint density at radius 3 is 2.74 bits per heavy atom. The average Bonchev–Trinajstić information content (AvgIpc) is 2.90. The Morgan fingerprint density at radius 2 is 2.13 bits per heavy atom. The van der Waals surface area contributed by atoms with Gasteiger partial charge in [0.15, 0.2) is 0 Å². The molecule has 1 aliphatic heterocycles. The lowest BCUT2D eigenvalue weighted by Gasteiger charge is -2.19. The van der Waals surface area contributed by atoms with Crippen LogP contribution in [0.4, 0.5) is 18.9 Å². The van der Waals surface area contributed by atoms with Gasteiger partial charge in [0.05, 0.1) is 17.2 Å². The summed E-state index contributed by atoms with van der Waals surface area (Å²) < 4.78 is 39.2. The fourth-order valence-electron chi connectivity index (χ4n) is 3.02. The Kier molecular flexibility index (Phi) is 5.53. The number of benzene rings is 1. The van der Waals surface area contributed by atoms with Crippen molar-refractivity contribution in [3.05, 3.63) is 29.3 Å². The lowest BCUT2D eigenvalue weighted by atomic mass is 10.1. The maximum Gasteiger partial charge on any atom is 0.418 e. The van der Waals surface area contributed by atoms with E-state index in [9.17, 15) is 13.2 Å². The Balaban J connectivity index is 2.02. The second-order valence-electron chi connectivity index (χ2n) is 6.56. The molecule has 1 aliphatic rings. The number of rotatable bonds is 5. The lowest BCUT2D eigenvalue weighted by Crippen LogP contribution is -2.26. The van der Waals surface area contributed by atoms with Crippen LogP contribution in [0.25, 0.3) is 0 Å². The fourth-order valence-corrected chi connectivity index (χ4v) is 3.02. The summed E-state index contributed by atoms with van der Waals surface area (Å²) in [5.41, 5.74) is -0.485. The molecule has 2 rings (SSSR count). The van der Waals surface area contributed by atoms with E-state index in [1.54, 1.807) is 0 Å².